The van der Waals surface area contributed by atoms with Crippen LogP contribution in [0.4, 0.5) is 29.7 Å². The first-order valence-corrected chi connectivity index (χ1v) is 33.3. The van der Waals surface area contributed by atoms with Gasteiger partial charge in [-0.15, -0.1) is 17.7 Å². The molecule has 5 aromatic rings. The Hall–Kier alpha value is -2.47. The number of benzene rings is 5. The third-order valence-electron chi connectivity index (χ3n) is 15.5. The number of piperazine rings is 1. The Morgan fingerprint density at radius 2 is 0.596 bits per heavy atom. The Bertz CT molecular complexity index is 2930. The van der Waals surface area contributed by atoms with Gasteiger partial charge in [-0.25, -0.2) is 24.0 Å². The molecule has 569 valence electrons. The SMILES string of the molecule is CC(C)(C)OC(=O)N1CCC(c2cc[c-]cc2)C1.CC(C)(C)OC(=O)N1CCC(c2cc[c-]cc2)CC1.CC(C)(C)OC(=O)N1CCCC(c2cc[c-]cc2)C1.CC(C)(C)OC(=O)N1CCN(c2cc[c-]cc2)CC1.CC(C)(C)OC(=O)N1CCOC(c2cc[c-]cc2)C1.[NH2-].[NH2-].[NH2-].[NH2-].[NH2-].[Y].[Y].[Y].[Y].[Y]. The molecular weight excluding hydrogens is 1700 g/mol. The fourth-order valence-corrected chi connectivity index (χ4v) is 11.0. The van der Waals surface area contributed by atoms with Gasteiger partial charge in [0.05, 0.1) is 19.3 Å². The minimum absolute atomic E-state index is 0. The van der Waals surface area contributed by atoms with E-state index < -0.39 is 28.0 Å². The van der Waals surface area contributed by atoms with Crippen LogP contribution in [0.3, 0.4) is 0 Å². The largest absolute Gasteiger partial charge is 0.693 e. The van der Waals surface area contributed by atoms with Crippen molar-refractivity contribution in [2.75, 3.05) is 90.0 Å². The number of morpholine rings is 1. The number of piperidine rings is 2. The number of carbonyl (C=O) groups is 5. The van der Waals surface area contributed by atoms with Crippen LogP contribution in [0.15, 0.2) is 121 Å². The second-order valence-electron chi connectivity index (χ2n) is 29.3. The van der Waals surface area contributed by atoms with Gasteiger partial charge in [-0.05, 0) is 154 Å². The number of rotatable bonds is 5. The van der Waals surface area contributed by atoms with Crippen molar-refractivity contribution in [2.45, 2.75) is 188 Å². The van der Waals surface area contributed by atoms with E-state index in [1.165, 1.54) is 22.4 Å². The van der Waals surface area contributed by atoms with E-state index >= 15 is 0 Å². The van der Waals surface area contributed by atoms with Gasteiger partial charge in [0, 0.05) is 236 Å². The number of hydrogen-bond acceptors (Lipinski definition) is 12. The molecule has 3 unspecified atom stereocenters. The molecule has 5 amide bonds. The summed E-state index contributed by atoms with van der Waals surface area (Å²) in [6, 6.07) is 54.8. The molecule has 104 heavy (non-hydrogen) atoms. The average Bonchev–Trinajstić information content (AvgIpc) is 1.42. The fraction of sp³-hybridized carbons (Fsp3) is 0.545. The van der Waals surface area contributed by atoms with Crippen molar-refractivity contribution in [2.24, 2.45) is 0 Å². The van der Waals surface area contributed by atoms with Gasteiger partial charge < -0.3 is 88.6 Å². The van der Waals surface area contributed by atoms with Crippen molar-refractivity contribution < 1.29 is 216 Å². The van der Waals surface area contributed by atoms with Gasteiger partial charge in [0.25, 0.3) is 0 Å². The minimum atomic E-state index is -0.466. The van der Waals surface area contributed by atoms with Crippen molar-refractivity contribution in [3.05, 3.63) is 205 Å². The molecule has 0 spiro atoms. The number of likely N-dealkylation sites (tertiary alicyclic amines) is 3. The van der Waals surface area contributed by atoms with E-state index in [0.717, 1.165) is 90.0 Å². The summed E-state index contributed by atoms with van der Waals surface area (Å²) in [5.74, 6) is 1.39. The molecule has 5 heterocycles. The Labute approximate surface area is 749 Å². The average molecular weight is 1820 g/mol. The van der Waals surface area contributed by atoms with Crippen molar-refractivity contribution >= 4 is 36.2 Å². The molecule has 5 aliphatic rings. The summed E-state index contributed by atoms with van der Waals surface area (Å²) in [6.45, 7) is 37.7. The Morgan fingerprint density at radius 3 is 0.952 bits per heavy atom. The number of carbonyl (C=O) groups excluding carboxylic acids is 5. The van der Waals surface area contributed by atoms with E-state index in [4.69, 9.17) is 28.4 Å². The van der Waals surface area contributed by atoms with Crippen LogP contribution in [-0.4, -0.2) is 168 Å². The summed E-state index contributed by atoms with van der Waals surface area (Å²) in [5.41, 5.74) is 4.01. The molecule has 27 heteroatoms. The van der Waals surface area contributed by atoms with Gasteiger partial charge in [0.2, 0.25) is 0 Å². The van der Waals surface area contributed by atoms with Gasteiger partial charge >= 0.3 is 30.5 Å². The van der Waals surface area contributed by atoms with E-state index in [1.54, 1.807) is 14.7 Å². The topological polar surface area (TPSA) is 328 Å². The maximum absolute atomic E-state index is 12.1. The van der Waals surface area contributed by atoms with E-state index in [0.29, 0.717) is 50.5 Å². The van der Waals surface area contributed by atoms with Crippen LogP contribution in [-0.2, 0) is 192 Å². The molecule has 0 bridgehead atoms. The fourth-order valence-electron chi connectivity index (χ4n) is 11.0. The van der Waals surface area contributed by atoms with Crippen LogP contribution in [0, 0.1) is 30.3 Å². The molecule has 10 N–H and O–H groups in total. The summed E-state index contributed by atoms with van der Waals surface area (Å²) in [4.78, 5) is 71.1. The first-order valence-electron chi connectivity index (χ1n) is 33.3. The molecular formula is C77H115N11O11Y5-10. The van der Waals surface area contributed by atoms with Crippen molar-refractivity contribution in [1.82, 2.24) is 24.5 Å². The Morgan fingerprint density at radius 1 is 0.327 bits per heavy atom. The second kappa shape index (κ2) is 53.4. The number of anilines is 1. The zero-order valence-electron chi connectivity index (χ0n) is 64.5. The predicted molar refractivity (Wildman–Crippen MR) is 394 cm³/mol. The van der Waals surface area contributed by atoms with Gasteiger partial charge in [-0.1, -0.05) is 5.69 Å². The van der Waals surface area contributed by atoms with E-state index in [1.807, 2.05) is 199 Å². The predicted octanol–water partition coefficient (Wildman–Crippen LogP) is 19.3. The number of hydrogen-bond donors (Lipinski definition) is 0. The summed E-state index contributed by atoms with van der Waals surface area (Å²) in [7, 11) is 0. The van der Waals surface area contributed by atoms with Gasteiger partial charge in [-0.2, -0.15) is 156 Å². The molecule has 5 radical (unpaired) electrons. The third-order valence-corrected chi connectivity index (χ3v) is 15.5. The van der Waals surface area contributed by atoms with Crippen molar-refractivity contribution in [3.8, 4) is 0 Å². The van der Waals surface area contributed by atoms with Gasteiger partial charge in [0.15, 0.2) is 0 Å². The van der Waals surface area contributed by atoms with E-state index in [9.17, 15) is 24.0 Å². The monoisotopic (exact) mass is 1810 g/mol. The third kappa shape index (κ3) is 42.1. The standard InChI is InChI=1S/2C16H22NO2.C15H21N2O2.C15H20NO3.C15H20NO2.5H2N.5Y/c1-16(2,3)19-15(18)17-11-7-10-14(12-17)13-8-5-4-6-9-13;1-16(2,3)19-15(18)17-11-9-14(10-12-17)13-7-5-4-6-8-13;1-15(2,3)19-14(18)17-11-9-16(10-12-17)13-7-5-4-6-8-13;1-15(2,3)19-14(17)16-9-10-18-13(11-16)12-7-5-4-6-8-12;1-15(2,3)18-14(17)16-10-9-13(11-16)12-7-5-4-6-8-12;;;;;;;;;;/h5-6,8-9,14H,7,10-12H2,1-3H3;5-8,14H,9-12H2,1-3H3;5-8H,9-12H2,1-3H3;5-8,13H,9-11H2,1-3H3;5-8,13H,9-11H2,1-3H3;5*1H2;;;;;/q10*-1;;;;;. The van der Waals surface area contributed by atoms with E-state index in [-0.39, 0.29) is 231 Å². The van der Waals surface area contributed by atoms with Crippen LogP contribution in [0.2, 0.25) is 0 Å². The van der Waals surface area contributed by atoms with Gasteiger partial charge in [-0.3, -0.25) is 0 Å². The summed E-state index contributed by atoms with van der Waals surface area (Å²) in [6.07, 6.45) is 4.01. The zero-order chi connectivity index (χ0) is 68.7. The molecule has 5 fully saturated rings. The van der Waals surface area contributed by atoms with E-state index in [2.05, 4.69) is 71.6 Å². The maximum atomic E-state index is 12.1. The van der Waals surface area contributed by atoms with Crippen LogP contribution in [0.1, 0.15) is 182 Å². The minimum Gasteiger partial charge on any atom is -0.693 e. The van der Waals surface area contributed by atoms with Crippen LogP contribution >= 0.6 is 0 Å². The maximum Gasteiger partial charge on any atom is 0.410 e. The zero-order valence-corrected chi connectivity index (χ0v) is 78.7. The van der Waals surface area contributed by atoms with Gasteiger partial charge in [0.1, 0.15) is 28.0 Å². The summed E-state index contributed by atoms with van der Waals surface area (Å²) in [5, 5.41) is 0. The number of nitrogens with zero attached hydrogens (tertiary/aromatic N) is 6. The number of ether oxygens (including phenoxy) is 6. The van der Waals surface area contributed by atoms with Crippen molar-refractivity contribution in [1.29, 1.82) is 0 Å². The molecule has 10 rings (SSSR count). The quantitative estimate of drug-likeness (QED) is 0.117. The number of nitrogens with two attached hydrogens (primary N) is 5. The molecule has 3 atom stereocenters. The first kappa shape index (κ1) is 110. The van der Waals surface area contributed by atoms with Crippen LogP contribution in [0.5, 0.6) is 0 Å². The first-order chi connectivity index (χ1) is 44.3. The Balaban J connectivity index is -0.000000383. The van der Waals surface area contributed by atoms with Crippen LogP contribution < -0.4 is 4.90 Å². The molecule has 0 aliphatic carbocycles. The second-order valence-corrected chi connectivity index (χ2v) is 29.3. The molecule has 5 aromatic carbocycles. The molecule has 5 saturated heterocycles. The normalized spacial score (nSPS) is 17.0. The van der Waals surface area contributed by atoms with Crippen molar-refractivity contribution in [3.63, 3.8) is 0 Å². The molecule has 22 nitrogen and oxygen atoms in total. The molecule has 0 aromatic heterocycles. The molecule has 5 aliphatic heterocycles. The molecule has 0 saturated carbocycles. The smallest absolute Gasteiger partial charge is 0.410 e. The summed E-state index contributed by atoms with van der Waals surface area (Å²) >= 11 is 0. The van der Waals surface area contributed by atoms with Crippen LogP contribution in [0.25, 0.3) is 30.8 Å². The Kier molecular flexibility index (Phi) is 56.6. The number of amides is 5. The summed E-state index contributed by atoms with van der Waals surface area (Å²) < 4.78 is 32.7.